The van der Waals surface area contributed by atoms with Crippen LogP contribution in [-0.4, -0.2) is 21.4 Å². The molecule has 0 saturated heterocycles. The van der Waals surface area contributed by atoms with Crippen molar-refractivity contribution in [1.29, 1.82) is 0 Å². The van der Waals surface area contributed by atoms with Gasteiger partial charge in [-0.15, -0.1) is 0 Å². The third-order valence-electron chi connectivity index (χ3n) is 4.91. The molecule has 0 radical (unpaired) electrons. The maximum absolute atomic E-state index is 10.8. The molecule has 2 heteroatoms. The molecule has 2 aliphatic rings. The maximum atomic E-state index is 10.8. The first-order valence-electron chi connectivity index (χ1n) is 6.83. The van der Waals surface area contributed by atoms with E-state index in [1.54, 1.807) is 0 Å². The van der Waals surface area contributed by atoms with Crippen LogP contribution in [0.2, 0.25) is 0 Å². The van der Waals surface area contributed by atoms with Crippen LogP contribution in [0.25, 0.3) is 0 Å². The fourth-order valence-electron chi connectivity index (χ4n) is 3.42. The third kappa shape index (κ3) is 2.58. The molecule has 1 fully saturated rings. The van der Waals surface area contributed by atoms with Gasteiger partial charge in [0.2, 0.25) is 0 Å². The van der Waals surface area contributed by atoms with Crippen molar-refractivity contribution in [3.05, 3.63) is 11.6 Å². The lowest BCUT2D eigenvalue weighted by molar-refractivity contribution is -0.0470. The van der Waals surface area contributed by atoms with Crippen LogP contribution in [-0.2, 0) is 0 Å². The van der Waals surface area contributed by atoms with Gasteiger partial charge in [-0.05, 0) is 71.1 Å². The SMILES string of the molecule is CC1=CC[C@@H]([C@@](C)(O)[C@@H]2C[C@H]2C(C)(C)O)CC1. The highest BCUT2D eigenvalue weighted by Crippen LogP contribution is 2.55. The second kappa shape index (κ2) is 4.10. The van der Waals surface area contributed by atoms with Crippen molar-refractivity contribution in [2.45, 2.75) is 64.6 Å². The Morgan fingerprint density at radius 2 is 1.82 bits per heavy atom. The van der Waals surface area contributed by atoms with E-state index in [9.17, 15) is 10.2 Å². The fraction of sp³-hybridized carbons (Fsp3) is 0.867. The van der Waals surface area contributed by atoms with Crippen LogP contribution in [0.4, 0.5) is 0 Å². The molecule has 0 aliphatic heterocycles. The highest BCUT2D eigenvalue weighted by Gasteiger charge is 2.57. The van der Waals surface area contributed by atoms with Crippen molar-refractivity contribution in [2.24, 2.45) is 17.8 Å². The average molecular weight is 238 g/mol. The lowest BCUT2D eigenvalue weighted by atomic mass is 9.75. The average Bonchev–Trinajstić information content (AvgIpc) is 2.96. The second-order valence-electron chi connectivity index (χ2n) is 6.85. The predicted octanol–water partition coefficient (Wildman–Crippen LogP) is 2.89. The van der Waals surface area contributed by atoms with Crippen LogP contribution >= 0.6 is 0 Å². The smallest absolute Gasteiger partial charge is 0.0682 e. The van der Waals surface area contributed by atoms with E-state index >= 15 is 0 Å². The second-order valence-corrected chi connectivity index (χ2v) is 6.85. The van der Waals surface area contributed by atoms with Crippen molar-refractivity contribution >= 4 is 0 Å². The molecular formula is C15H26O2. The molecule has 0 aromatic heterocycles. The van der Waals surface area contributed by atoms with E-state index in [2.05, 4.69) is 13.0 Å². The van der Waals surface area contributed by atoms with Gasteiger partial charge < -0.3 is 10.2 Å². The first-order valence-corrected chi connectivity index (χ1v) is 6.83. The Bertz CT molecular complexity index is 322. The first-order chi connectivity index (χ1) is 7.73. The Hall–Kier alpha value is -0.340. The maximum Gasteiger partial charge on any atom is 0.0682 e. The normalized spacial score (nSPS) is 37.3. The Balaban J connectivity index is 2.01. The standard InChI is InChI=1S/C15H26O2/c1-10-5-7-11(8-6-10)15(4,17)13-9-12(13)14(2,3)16/h5,11-13,16-17H,6-9H2,1-4H3/t11-,12-,13-,15-/m1/s1. The molecule has 4 atom stereocenters. The summed E-state index contributed by atoms with van der Waals surface area (Å²) >= 11 is 0. The molecule has 0 aromatic rings. The summed E-state index contributed by atoms with van der Waals surface area (Å²) in [6, 6.07) is 0. The van der Waals surface area contributed by atoms with Crippen LogP contribution in [0.15, 0.2) is 11.6 Å². The lowest BCUT2D eigenvalue weighted by Crippen LogP contribution is -2.40. The summed E-state index contributed by atoms with van der Waals surface area (Å²) in [5.41, 5.74) is 0.198. The van der Waals surface area contributed by atoms with Crippen molar-refractivity contribution in [1.82, 2.24) is 0 Å². The molecule has 2 rings (SSSR count). The number of rotatable bonds is 3. The summed E-state index contributed by atoms with van der Waals surface area (Å²) < 4.78 is 0. The van der Waals surface area contributed by atoms with Gasteiger partial charge in [-0.25, -0.2) is 0 Å². The summed E-state index contributed by atoms with van der Waals surface area (Å²) in [4.78, 5) is 0. The number of aliphatic hydroxyl groups is 2. The Morgan fingerprint density at radius 1 is 1.18 bits per heavy atom. The third-order valence-corrected chi connectivity index (χ3v) is 4.91. The van der Waals surface area contributed by atoms with Gasteiger partial charge >= 0.3 is 0 Å². The van der Waals surface area contributed by atoms with Gasteiger partial charge in [0.15, 0.2) is 0 Å². The predicted molar refractivity (Wildman–Crippen MR) is 69.6 cm³/mol. The zero-order valence-corrected chi connectivity index (χ0v) is 11.5. The van der Waals surface area contributed by atoms with Gasteiger partial charge in [-0.1, -0.05) is 11.6 Å². The monoisotopic (exact) mass is 238 g/mol. The van der Waals surface area contributed by atoms with E-state index in [0.717, 1.165) is 25.7 Å². The highest BCUT2D eigenvalue weighted by atomic mass is 16.3. The minimum absolute atomic E-state index is 0.268. The topological polar surface area (TPSA) is 40.5 Å². The summed E-state index contributed by atoms with van der Waals surface area (Å²) in [6.07, 6.45) is 6.43. The van der Waals surface area contributed by atoms with E-state index in [1.165, 1.54) is 5.57 Å². The van der Waals surface area contributed by atoms with Crippen molar-refractivity contribution < 1.29 is 10.2 Å². The van der Waals surface area contributed by atoms with Crippen molar-refractivity contribution in [3.8, 4) is 0 Å². The summed E-state index contributed by atoms with van der Waals surface area (Å²) in [6.45, 7) is 7.86. The molecule has 98 valence electrons. The van der Waals surface area contributed by atoms with Crippen LogP contribution < -0.4 is 0 Å². The molecule has 2 nitrogen and oxygen atoms in total. The van der Waals surface area contributed by atoms with Crippen molar-refractivity contribution in [2.75, 3.05) is 0 Å². The molecule has 0 bridgehead atoms. The first kappa shape index (κ1) is 13.1. The Kier molecular flexibility index (Phi) is 3.16. The van der Waals surface area contributed by atoms with Gasteiger partial charge in [0.25, 0.3) is 0 Å². The zero-order valence-electron chi connectivity index (χ0n) is 11.5. The minimum Gasteiger partial charge on any atom is -0.390 e. The van der Waals surface area contributed by atoms with Crippen LogP contribution in [0, 0.1) is 17.8 Å². The number of hydrogen-bond donors (Lipinski definition) is 2. The molecule has 2 N–H and O–H groups in total. The van der Waals surface area contributed by atoms with E-state index < -0.39 is 11.2 Å². The minimum atomic E-state index is -0.644. The summed E-state index contributed by atoms with van der Waals surface area (Å²) in [5.74, 6) is 0.910. The van der Waals surface area contributed by atoms with Crippen LogP contribution in [0.5, 0.6) is 0 Å². The molecule has 0 heterocycles. The van der Waals surface area contributed by atoms with Gasteiger partial charge in [0.1, 0.15) is 0 Å². The van der Waals surface area contributed by atoms with Gasteiger partial charge in [-0.3, -0.25) is 0 Å². The number of allylic oxidation sites excluding steroid dienone is 2. The van der Waals surface area contributed by atoms with E-state index in [0.29, 0.717) is 5.92 Å². The van der Waals surface area contributed by atoms with Crippen LogP contribution in [0.1, 0.15) is 53.4 Å². The zero-order chi connectivity index (χ0) is 12.8. The molecule has 0 spiro atoms. The molecule has 17 heavy (non-hydrogen) atoms. The van der Waals surface area contributed by atoms with Gasteiger partial charge in [0, 0.05) is 0 Å². The Morgan fingerprint density at radius 3 is 2.24 bits per heavy atom. The molecule has 2 aliphatic carbocycles. The quantitative estimate of drug-likeness (QED) is 0.742. The molecule has 1 saturated carbocycles. The summed E-state index contributed by atoms with van der Waals surface area (Å²) in [5, 5.41) is 20.8. The van der Waals surface area contributed by atoms with Gasteiger partial charge in [-0.2, -0.15) is 0 Å². The highest BCUT2D eigenvalue weighted by molar-refractivity contribution is 5.11. The molecular weight excluding hydrogens is 212 g/mol. The Labute approximate surface area is 105 Å². The lowest BCUT2D eigenvalue weighted by Gasteiger charge is -2.36. The van der Waals surface area contributed by atoms with Gasteiger partial charge in [0.05, 0.1) is 11.2 Å². The van der Waals surface area contributed by atoms with E-state index in [4.69, 9.17) is 0 Å². The van der Waals surface area contributed by atoms with E-state index in [-0.39, 0.29) is 11.8 Å². The molecule has 0 unspecified atom stereocenters. The van der Waals surface area contributed by atoms with Crippen LogP contribution in [0.3, 0.4) is 0 Å². The van der Waals surface area contributed by atoms with Crippen molar-refractivity contribution in [3.63, 3.8) is 0 Å². The molecule has 0 amide bonds. The molecule has 0 aromatic carbocycles. The number of hydrogen-bond acceptors (Lipinski definition) is 2. The largest absolute Gasteiger partial charge is 0.390 e. The summed E-state index contributed by atoms with van der Waals surface area (Å²) in [7, 11) is 0. The van der Waals surface area contributed by atoms with E-state index in [1.807, 2.05) is 20.8 Å². The fourth-order valence-corrected chi connectivity index (χ4v) is 3.42.